The van der Waals surface area contributed by atoms with E-state index in [9.17, 15) is 5.11 Å². The third-order valence-electron chi connectivity index (χ3n) is 2.69. The van der Waals surface area contributed by atoms with Gasteiger partial charge in [0.25, 0.3) is 0 Å². The summed E-state index contributed by atoms with van der Waals surface area (Å²) in [7, 11) is 0. The van der Waals surface area contributed by atoms with E-state index in [4.69, 9.17) is 4.74 Å². The molecule has 0 aromatic heterocycles. The number of ether oxygens (including phenoxy) is 1. The van der Waals surface area contributed by atoms with Gasteiger partial charge in [-0.15, -0.1) is 0 Å². The Morgan fingerprint density at radius 2 is 1.64 bits per heavy atom. The van der Waals surface area contributed by atoms with Crippen LogP contribution in [-0.2, 0) is 4.74 Å². The van der Waals surface area contributed by atoms with Crippen molar-refractivity contribution in [2.24, 2.45) is 11.8 Å². The second-order valence-electron chi connectivity index (χ2n) is 5.23. The van der Waals surface area contributed by atoms with E-state index in [2.05, 4.69) is 34.6 Å². The molecular formula is C12H26O2. The van der Waals surface area contributed by atoms with E-state index in [1.807, 2.05) is 0 Å². The van der Waals surface area contributed by atoms with Crippen LogP contribution in [0.2, 0.25) is 0 Å². The number of aliphatic hydroxyl groups excluding tert-OH is 1. The summed E-state index contributed by atoms with van der Waals surface area (Å²) in [5.74, 6) is 1.10. The first-order valence-corrected chi connectivity index (χ1v) is 5.60. The van der Waals surface area contributed by atoms with Crippen molar-refractivity contribution >= 4 is 0 Å². The summed E-state index contributed by atoms with van der Waals surface area (Å²) in [6.45, 7) is 13.1. The first-order valence-electron chi connectivity index (χ1n) is 5.60. The number of aliphatic hydroxyl groups is 1. The van der Waals surface area contributed by atoms with Gasteiger partial charge < -0.3 is 9.84 Å². The van der Waals surface area contributed by atoms with Gasteiger partial charge in [-0.05, 0) is 32.1 Å². The normalized spacial score (nSPS) is 18.6. The van der Waals surface area contributed by atoms with Gasteiger partial charge in [0.1, 0.15) is 0 Å². The minimum absolute atomic E-state index is 0.106. The van der Waals surface area contributed by atoms with Crippen molar-refractivity contribution in [2.75, 3.05) is 6.61 Å². The van der Waals surface area contributed by atoms with Gasteiger partial charge in [0.2, 0.25) is 0 Å². The van der Waals surface area contributed by atoms with Gasteiger partial charge in [-0.25, -0.2) is 0 Å². The summed E-state index contributed by atoms with van der Waals surface area (Å²) in [5.41, 5.74) is -0.106. The zero-order valence-electron chi connectivity index (χ0n) is 10.5. The fraction of sp³-hybridized carbons (Fsp3) is 1.00. The van der Waals surface area contributed by atoms with Crippen LogP contribution in [0.25, 0.3) is 0 Å². The van der Waals surface area contributed by atoms with Gasteiger partial charge in [-0.2, -0.15) is 0 Å². The smallest absolute Gasteiger partial charge is 0.0745 e. The standard InChI is InChI=1S/C12H26O2/c1-9(2)7-12(6,10(3)4)14-8-11(5)13/h9-11,13H,7-8H2,1-6H3. The molecule has 0 amide bonds. The summed E-state index contributed by atoms with van der Waals surface area (Å²) < 4.78 is 5.81. The van der Waals surface area contributed by atoms with Crippen LogP contribution in [0, 0.1) is 11.8 Å². The zero-order chi connectivity index (χ0) is 11.4. The maximum Gasteiger partial charge on any atom is 0.0745 e. The maximum atomic E-state index is 9.21. The van der Waals surface area contributed by atoms with Crippen molar-refractivity contribution in [1.29, 1.82) is 0 Å². The zero-order valence-corrected chi connectivity index (χ0v) is 10.5. The molecule has 0 radical (unpaired) electrons. The highest BCUT2D eigenvalue weighted by Crippen LogP contribution is 2.29. The molecule has 0 saturated carbocycles. The molecule has 0 aromatic rings. The van der Waals surface area contributed by atoms with Gasteiger partial charge in [0.15, 0.2) is 0 Å². The average Bonchev–Trinajstić information content (AvgIpc) is 1.99. The Kier molecular flexibility index (Phi) is 5.68. The fourth-order valence-electron chi connectivity index (χ4n) is 1.58. The minimum atomic E-state index is -0.375. The first kappa shape index (κ1) is 13.9. The van der Waals surface area contributed by atoms with Crippen LogP contribution in [0.15, 0.2) is 0 Å². The lowest BCUT2D eigenvalue weighted by atomic mass is 9.84. The maximum absolute atomic E-state index is 9.21. The number of rotatable bonds is 6. The molecule has 2 nitrogen and oxygen atoms in total. The lowest BCUT2D eigenvalue weighted by Crippen LogP contribution is -2.38. The summed E-state index contributed by atoms with van der Waals surface area (Å²) >= 11 is 0. The third-order valence-corrected chi connectivity index (χ3v) is 2.69. The van der Waals surface area contributed by atoms with Crippen molar-refractivity contribution in [1.82, 2.24) is 0 Å². The fourth-order valence-corrected chi connectivity index (χ4v) is 1.58. The van der Waals surface area contributed by atoms with E-state index in [0.29, 0.717) is 18.4 Å². The van der Waals surface area contributed by atoms with Gasteiger partial charge in [0, 0.05) is 0 Å². The molecule has 0 aliphatic rings. The molecule has 2 unspecified atom stereocenters. The summed E-state index contributed by atoms with van der Waals surface area (Å²) in [6.07, 6.45) is 0.664. The Balaban J connectivity index is 4.24. The minimum Gasteiger partial charge on any atom is -0.391 e. The second-order valence-corrected chi connectivity index (χ2v) is 5.23. The van der Waals surface area contributed by atoms with Gasteiger partial charge in [-0.3, -0.25) is 0 Å². The molecule has 0 spiro atoms. The van der Waals surface area contributed by atoms with Crippen molar-refractivity contribution in [3.05, 3.63) is 0 Å². The van der Waals surface area contributed by atoms with Crippen LogP contribution in [0.5, 0.6) is 0 Å². The Hall–Kier alpha value is -0.0800. The lowest BCUT2D eigenvalue weighted by Gasteiger charge is -2.36. The Bertz CT molecular complexity index is 152. The number of hydrogen-bond donors (Lipinski definition) is 1. The molecule has 0 rings (SSSR count). The largest absolute Gasteiger partial charge is 0.391 e. The van der Waals surface area contributed by atoms with Crippen molar-refractivity contribution in [3.8, 4) is 0 Å². The third kappa shape index (κ3) is 4.97. The Morgan fingerprint density at radius 3 is 1.93 bits per heavy atom. The first-order chi connectivity index (χ1) is 6.28. The molecule has 86 valence electrons. The molecule has 0 bridgehead atoms. The van der Waals surface area contributed by atoms with Crippen LogP contribution in [0.4, 0.5) is 0 Å². The molecule has 0 aromatic carbocycles. The predicted molar refractivity (Wildman–Crippen MR) is 60.3 cm³/mol. The van der Waals surface area contributed by atoms with Gasteiger partial charge in [-0.1, -0.05) is 27.7 Å². The van der Waals surface area contributed by atoms with Crippen molar-refractivity contribution in [2.45, 2.75) is 59.7 Å². The summed E-state index contributed by atoms with van der Waals surface area (Å²) in [5, 5.41) is 9.21. The highest BCUT2D eigenvalue weighted by molar-refractivity contribution is 4.80. The van der Waals surface area contributed by atoms with E-state index < -0.39 is 0 Å². The van der Waals surface area contributed by atoms with Crippen LogP contribution in [-0.4, -0.2) is 23.4 Å². The summed E-state index contributed by atoms with van der Waals surface area (Å²) in [4.78, 5) is 0. The Morgan fingerprint density at radius 1 is 1.14 bits per heavy atom. The van der Waals surface area contributed by atoms with E-state index >= 15 is 0 Å². The van der Waals surface area contributed by atoms with Crippen LogP contribution in [0.3, 0.4) is 0 Å². The topological polar surface area (TPSA) is 29.5 Å². The highest BCUT2D eigenvalue weighted by Gasteiger charge is 2.30. The molecule has 14 heavy (non-hydrogen) atoms. The van der Waals surface area contributed by atoms with Gasteiger partial charge >= 0.3 is 0 Å². The van der Waals surface area contributed by atoms with E-state index in [0.717, 1.165) is 6.42 Å². The lowest BCUT2D eigenvalue weighted by molar-refractivity contribution is -0.102. The molecule has 0 saturated heterocycles. The highest BCUT2D eigenvalue weighted by atomic mass is 16.5. The average molecular weight is 202 g/mol. The summed E-state index contributed by atoms with van der Waals surface area (Å²) in [6, 6.07) is 0. The second kappa shape index (κ2) is 5.72. The number of hydrogen-bond acceptors (Lipinski definition) is 2. The monoisotopic (exact) mass is 202 g/mol. The molecule has 0 fully saturated rings. The Labute approximate surface area is 88.7 Å². The SMILES string of the molecule is CC(C)CC(C)(OCC(C)O)C(C)C. The van der Waals surface area contributed by atoms with Gasteiger partial charge in [0.05, 0.1) is 18.3 Å². The van der Waals surface area contributed by atoms with Crippen LogP contribution >= 0.6 is 0 Å². The molecule has 0 heterocycles. The van der Waals surface area contributed by atoms with E-state index in [-0.39, 0.29) is 11.7 Å². The molecule has 0 aliphatic carbocycles. The van der Waals surface area contributed by atoms with E-state index in [1.54, 1.807) is 6.92 Å². The molecule has 1 N–H and O–H groups in total. The van der Waals surface area contributed by atoms with Crippen LogP contribution < -0.4 is 0 Å². The van der Waals surface area contributed by atoms with E-state index in [1.165, 1.54) is 0 Å². The molecule has 0 aliphatic heterocycles. The predicted octanol–water partition coefficient (Wildman–Crippen LogP) is 2.84. The van der Waals surface area contributed by atoms with Crippen molar-refractivity contribution in [3.63, 3.8) is 0 Å². The molecular weight excluding hydrogens is 176 g/mol. The van der Waals surface area contributed by atoms with Crippen LogP contribution in [0.1, 0.15) is 48.0 Å². The molecule has 2 heteroatoms. The van der Waals surface area contributed by atoms with Crippen molar-refractivity contribution < 1.29 is 9.84 Å². The molecule has 2 atom stereocenters. The quantitative estimate of drug-likeness (QED) is 0.717.